The van der Waals surface area contributed by atoms with Crippen LogP contribution in [0.1, 0.15) is 28.8 Å². The average Bonchev–Trinajstić information content (AvgIpc) is 2.50. The van der Waals surface area contributed by atoms with Crippen molar-refractivity contribution in [3.8, 4) is 0 Å². The Hall–Kier alpha value is -1.46. The summed E-state index contributed by atoms with van der Waals surface area (Å²) < 4.78 is 24.4. The maximum Gasteiger partial charge on any atom is 0.256 e. The van der Waals surface area contributed by atoms with Crippen molar-refractivity contribution in [3.63, 3.8) is 0 Å². The molecule has 0 unspecified atom stereocenters. The van der Waals surface area contributed by atoms with Crippen LogP contribution in [0.4, 0.5) is 4.39 Å². The predicted molar refractivity (Wildman–Crippen MR) is 77.9 cm³/mol. The second-order valence-electron chi connectivity index (χ2n) is 5.34. The molecule has 1 heterocycles. The average molecular weight is 295 g/mol. The Labute approximate surface area is 124 Å². The topological polar surface area (TPSA) is 38.8 Å². The summed E-state index contributed by atoms with van der Waals surface area (Å²) >= 11 is 0. The van der Waals surface area contributed by atoms with Crippen molar-refractivity contribution in [1.82, 2.24) is 4.90 Å². The fourth-order valence-corrected chi connectivity index (χ4v) is 2.50. The number of halogens is 1. The van der Waals surface area contributed by atoms with Crippen LogP contribution in [0.15, 0.2) is 18.2 Å². The van der Waals surface area contributed by atoms with Crippen molar-refractivity contribution in [3.05, 3.63) is 35.1 Å². The van der Waals surface area contributed by atoms with Gasteiger partial charge in [-0.3, -0.25) is 4.79 Å². The van der Waals surface area contributed by atoms with Gasteiger partial charge in [0.15, 0.2) is 0 Å². The van der Waals surface area contributed by atoms with E-state index in [1.165, 1.54) is 6.07 Å². The summed E-state index contributed by atoms with van der Waals surface area (Å²) in [5, 5.41) is 0. The Kier molecular flexibility index (Phi) is 5.70. The van der Waals surface area contributed by atoms with E-state index in [4.69, 9.17) is 9.47 Å². The quantitative estimate of drug-likeness (QED) is 0.783. The Morgan fingerprint density at radius 2 is 2.05 bits per heavy atom. The number of hydrogen-bond acceptors (Lipinski definition) is 3. The first-order valence-corrected chi connectivity index (χ1v) is 7.27. The number of ether oxygens (including phenoxy) is 2. The van der Waals surface area contributed by atoms with Crippen molar-refractivity contribution in [1.29, 1.82) is 0 Å². The molecule has 1 saturated heterocycles. The minimum Gasteiger partial charge on any atom is -0.382 e. The van der Waals surface area contributed by atoms with Crippen molar-refractivity contribution in [2.45, 2.75) is 25.9 Å². The highest BCUT2D eigenvalue weighted by Gasteiger charge is 2.25. The van der Waals surface area contributed by atoms with Gasteiger partial charge in [-0.15, -0.1) is 0 Å². The summed E-state index contributed by atoms with van der Waals surface area (Å²) in [7, 11) is 1.64. The van der Waals surface area contributed by atoms with Crippen LogP contribution in [-0.2, 0) is 9.47 Å². The van der Waals surface area contributed by atoms with Crippen LogP contribution >= 0.6 is 0 Å². The number of likely N-dealkylation sites (tertiary alicyclic amines) is 1. The molecular weight excluding hydrogens is 273 g/mol. The SMILES string of the molecule is COCCOC1CCN(C(=O)c2cc(C)ccc2F)CC1. The van der Waals surface area contributed by atoms with Crippen molar-refractivity contribution >= 4 is 5.91 Å². The molecule has 4 nitrogen and oxygen atoms in total. The molecule has 0 spiro atoms. The molecule has 0 aromatic heterocycles. The monoisotopic (exact) mass is 295 g/mol. The van der Waals surface area contributed by atoms with Gasteiger partial charge < -0.3 is 14.4 Å². The minimum atomic E-state index is -0.455. The van der Waals surface area contributed by atoms with Gasteiger partial charge in [0.25, 0.3) is 5.91 Å². The van der Waals surface area contributed by atoms with Crippen molar-refractivity contribution < 1.29 is 18.7 Å². The van der Waals surface area contributed by atoms with Gasteiger partial charge in [-0.2, -0.15) is 0 Å². The minimum absolute atomic E-state index is 0.159. The van der Waals surface area contributed by atoms with Crippen LogP contribution in [0.3, 0.4) is 0 Å². The molecular formula is C16H22FNO3. The number of hydrogen-bond donors (Lipinski definition) is 0. The van der Waals surface area contributed by atoms with Gasteiger partial charge in [0.05, 0.1) is 24.9 Å². The fourth-order valence-electron chi connectivity index (χ4n) is 2.50. The molecule has 1 aliphatic heterocycles. The van der Waals surface area contributed by atoms with Gasteiger partial charge in [0.2, 0.25) is 0 Å². The zero-order valence-electron chi connectivity index (χ0n) is 12.6. The van der Waals surface area contributed by atoms with Gasteiger partial charge in [0, 0.05) is 20.2 Å². The van der Waals surface area contributed by atoms with E-state index in [2.05, 4.69) is 0 Å². The molecule has 5 heteroatoms. The first-order chi connectivity index (χ1) is 10.1. The number of rotatable bonds is 5. The molecule has 0 bridgehead atoms. The summed E-state index contributed by atoms with van der Waals surface area (Å²) in [6, 6.07) is 4.63. The van der Waals surface area contributed by atoms with E-state index < -0.39 is 5.82 Å². The maximum absolute atomic E-state index is 13.8. The second-order valence-corrected chi connectivity index (χ2v) is 5.34. The van der Waals surface area contributed by atoms with Crippen molar-refractivity contribution in [2.75, 3.05) is 33.4 Å². The molecule has 1 fully saturated rings. The van der Waals surface area contributed by atoms with Crippen LogP contribution < -0.4 is 0 Å². The summed E-state index contributed by atoms with van der Waals surface area (Å²) in [6.45, 7) is 4.20. The van der Waals surface area contributed by atoms with E-state index >= 15 is 0 Å². The zero-order valence-corrected chi connectivity index (χ0v) is 12.6. The van der Waals surface area contributed by atoms with Crippen LogP contribution in [0.25, 0.3) is 0 Å². The molecule has 1 aromatic carbocycles. The normalized spacial score (nSPS) is 16.2. The highest BCUT2D eigenvalue weighted by molar-refractivity contribution is 5.94. The Morgan fingerprint density at radius 1 is 1.33 bits per heavy atom. The maximum atomic E-state index is 13.8. The number of aryl methyl sites for hydroxylation is 1. The van der Waals surface area contributed by atoms with E-state index in [0.717, 1.165) is 18.4 Å². The number of amides is 1. The highest BCUT2D eigenvalue weighted by atomic mass is 19.1. The summed E-state index contributed by atoms with van der Waals surface area (Å²) in [5.74, 6) is -0.685. The second kappa shape index (κ2) is 7.52. The molecule has 1 amide bonds. The smallest absolute Gasteiger partial charge is 0.256 e. The fraction of sp³-hybridized carbons (Fsp3) is 0.562. The highest BCUT2D eigenvalue weighted by Crippen LogP contribution is 2.18. The first-order valence-electron chi connectivity index (χ1n) is 7.27. The predicted octanol–water partition coefficient (Wildman–Crippen LogP) is 2.40. The van der Waals surface area contributed by atoms with E-state index in [0.29, 0.717) is 26.3 Å². The van der Waals surface area contributed by atoms with E-state index in [1.807, 2.05) is 6.92 Å². The summed E-state index contributed by atoms with van der Waals surface area (Å²) in [4.78, 5) is 14.1. The number of methoxy groups -OCH3 is 1. The lowest BCUT2D eigenvalue weighted by Gasteiger charge is -2.32. The van der Waals surface area contributed by atoms with Gasteiger partial charge in [0.1, 0.15) is 5.82 Å². The number of nitrogens with zero attached hydrogens (tertiary/aromatic N) is 1. The molecule has 21 heavy (non-hydrogen) atoms. The Balaban J connectivity index is 1.89. The zero-order chi connectivity index (χ0) is 15.2. The van der Waals surface area contributed by atoms with E-state index in [1.54, 1.807) is 24.1 Å². The van der Waals surface area contributed by atoms with Gasteiger partial charge in [-0.1, -0.05) is 11.6 Å². The van der Waals surface area contributed by atoms with Crippen LogP contribution in [0.2, 0.25) is 0 Å². The summed E-state index contributed by atoms with van der Waals surface area (Å²) in [6.07, 6.45) is 1.72. The van der Waals surface area contributed by atoms with E-state index in [-0.39, 0.29) is 17.6 Å². The molecule has 0 radical (unpaired) electrons. The number of carbonyl (C=O) groups is 1. The lowest BCUT2D eigenvalue weighted by molar-refractivity contribution is -0.0123. The molecule has 1 aromatic rings. The van der Waals surface area contributed by atoms with Crippen LogP contribution in [0, 0.1) is 12.7 Å². The molecule has 116 valence electrons. The number of carbonyl (C=O) groups excluding carboxylic acids is 1. The molecule has 0 N–H and O–H groups in total. The molecule has 0 saturated carbocycles. The lowest BCUT2D eigenvalue weighted by Crippen LogP contribution is -2.41. The molecule has 0 aliphatic carbocycles. The third-order valence-electron chi connectivity index (χ3n) is 3.72. The van der Waals surface area contributed by atoms with Gasteiger partial charge in [-0.25, -0.2) is 4.39 Å². The number of piperidine rings is 1. The Bertz CT molecular complexity index is 484. The summed E-state index contributed by atoms with van der Waals surface area (Å²) in [5.41, 5.74) is 1.05. The first kappa shape index (κ1) is 15.9. The largest absolute Gasteiger partial charge is 0.382 e. The van der Waals surface area contributed by atoms with Crippen LogP contribution in [-0.4, -0.2) is 50.3 Å². The third-order valence-corrected chi connectivity index (χ3v) is 3.72. The van der Waals surface area contributed by atoms with E-state index in [9.17, 15) is 9.18 Å². The molecule has 2 rings (SSSR count). The lowest BCUT2D eigenvalue weighted by atomic mass is 10.0. The number of benzene rings is 1. The Morgan fingerprint density at radius 3 is 2.71 bits per heavy atom. The van der Waals surface area contributed by atoms with Crippen molar-refractivity contribution in [2.24, 2.45) is 0 Å². The van der Waals surface area contributed by atoms with Gasteiger partial charge >= 0.3 is 0 Å². The molecule has 1 aliphatic rings. The standard InChI is InChI=1S/C16H22FNO3/c1-12-3-4-15(17)14(11-12)16(19)18-7-5-13(6-8-18)21-10-9-20-2/h3-4,11,13H,5-10H2,1-2H3. The third kappa shape index (κ3) is 4.25. The molecule has 0 atom stereocenters. The van der Waals surface area contributed by atoms with Gasteiger partial charge in [-0.05, 0) is 31.9 Å². The van der Waals surface area contributed by atoms with Crippen LogP contribution in [0.5, 0.6) is 0 Å².